The Balaban J connectivity index is 2.05. The molecule has 1 fully saturated rings. The molecule has 1 saturated carbocycles. The van der Waals surface area contributed by atoms with E-state index in [2.05, 4.69) is 19.2 Å². The Morgan fingerprint density at radius 1 is 1.26 bits per heavy atom. The quantitative estimate of drug-likeness (QED) is 0.658. The zero-order valence-electron chi connectivity index (χ0n) is 11.8. The largest absolute Gasteiger partial charge is 0.382 e. The Hall–Kier alpha value is -1.58. The van der Waals surface area contributed by atoms with Gasteiger partial charge in [-0.1, -0.05) is 13.8 Å². The lowest BCUT2D eigenvalue weighted by atomic mass is 9.79. The van der Waals surface area contributed by atoms with Crippen LogP contribution in [0.3, 0.4) is 0 Å². The topological polar surface area (TPSA) is 55.2 Å². The average molecular weight is 262 g/mol. The Labute approximate surface area is 114 Å². The van der Waals surface area contributed by atoms with Crippen LogP contribution in [0.5, 0.6) is 0 Å². The smallest absolute Gasteiger partial charge is 0.269 e. The van der Waals surface area contributed by atoms with Crippen LogP contribution >= 0.6 is 0 Å². The summed E-state index contributed by atoms with van der Waals surface area (Å²) in [5, 5.41) is 14.3. The molecule has 1 aromatic rings. The third-order valence-electron chi connectivity index (χ3n) is 4.38. The number of nitro benzene ring substituents is 1. The van der Waals surface area contributed by atoms with Gasteiger partial charge in [-0.15, -0.1) is 0 Å². The van der Waals surface area contributed by atoms with Crippen molar-refractivity contribution in [1.82, 2.24) is 0 Å². The van der Waals surface area contributed by atoms with Gasteiger partial charge in [-0.25, -0.2) is 0 Å². The van der Waals surface area contributed by atoms with Crippen LogP contribution in [0.25, 0.3) is 0 Å². The van der Waals surface area contributed by atoms with E-state index in [1.807, 2.05) is 13.0 Å². The molecule has 3 unspecified atom stereocenters. The van der Waals surface area contributed by atoms with Crippen LogP contribution in [0.4, 0.5) is 11.4 Å². The van der Waals surface area contributed by atoms with Crippen LogP contribution in [-0.2, 0) is 0 Å². The number of hydrogen-bond acceptors (Lipinski definition) is 3. The number of aryl methyl sites for hydroxylation is 1. The molecule has 0 saturated heterocycles. The van der Waals surface area contributed by atoms with Crippen molar-refractivity contribution < 1.29 is 4.92 Å². The molecule has 0 spiro atoms. The van der Waals surface area contributed by atoms with Gasteiger partial charge in [0.1, 0.15) is 0 Å². The van der Waals surface area contributed by atoms with Crippen molar-refractivity contribution in [3.05, 3.63) is 33.9 Å². The van der Waals surface area contributed by atoms with E-state index in [0.29, 0.717) is 6.04 Å². The van der Waals surface area contributed by atoms with Crippen LogP contribution in [0.15, 0.2) is 18.2 Å². The molecule has 1 aliphatic carbocycles. The third-order valence-corrected chi connectivity index (χ3v) is 4.38. The monoisotopic (exact) mass is 262 g/mol. The minimum Gasteiger partial charge on any atom is -0.382 e. The summed E-state index contributed by atoms with van der Waals surface area (Å²) in [5.74, 6) is 1.54. The minimum absolute atomic E-state index is 0.161. The first-order chi connectivity index (χ1) is 8.97. The molecule has 2 rings (SSSR count). The van der Waals surface area contributed by atoms with Gasteiger partial charge in [0.25, 0.3) is 5.69 Å². The predicted molar refractivity (Wildman–Crippen MR) is 77.4 cm³/mol. The average Bonchev–Trinajstić information content (AvgIpc) is 2.36. The molecular weight excluding hydrogens is 240 g/mol. The van der Waals surface area contributed by atoms with Crippen LogP contribution in [0.1, 0.15) is 38.7 Å². The van der Waals surface area contributed by atoms with Crippen molar-refractivity contribution >= 4 is 11.4 Å². The van der Waals surface area contributed by atoms with Crippen LogP contribution < -0.4 is 5.32 Å². The lowest BCUT2D eigenvalue weighted by Gasteiger charge is -2.33. The van der Waals surface area contributed by atoms with Crippen molar-refractivity contribution in [2.24, 2.45) is 11.8 Å². The lowest BCUT2D eigenvalue weighted by Crippen LogP contribution is -2.30. The van der Waals surface area contributed by atoms with Crippen LogP contribution in [0, 0.1) is 28.9 Å². The Bertz CT molecular complexity index is 473. The summed E-state index contributed by atoms with van der Waals surface area (Å²) in [6.45, 7) is 6.55. The van der Waals surface area contributed by atoms with Gasteiger partial charge < -0.3 is 5.32 Å². The van der Waals surface area contributed by atoms with Crippen molar-refractivity contribution in [3.63, 3.8) is 0 Å². The molecular formula is C15H22N2O2. The fourth-order valence-electron chi connectivity index (χ4n) is 2.82. The van der Waals surface area contributed by atoms with Gasteiger partial charge in [0.05, 0.1) is 4.92 Å². The zero-order chi connectivity index (χ0) is 14.0. The maximum Gasteiger partial charge on any atom is 0.269 e. The predicted octanol–water partition coefficient (Wildman–Crippen LogP) is 4.14. The zero-order valence-corrected chi connectivity index (χ0v) is 11.8. The first kappa shape index (κ1) is 13.8. The molecule has 104 valence electrons. The summed E-state index contributed by atoms with van der Waals surface area (Å²) < 4.78 is 0. The lowest BCUT2D eigenvalue weighted by molar-refractivity contribution is -0.384. The molecule has 0 heterocycles. The summed E-state index contributed by atoms with van der Waals surface area (Å²) in [7, 11) is 0. The fourth-order valence-corrected chi connectivity index (χ4v) is 2.82. The van der Waals surface area contributed by atoms with E-state index in [1.54, 1.807) is 12.1 Å². The van der Waals surface area contributed by atoms with E-state index in [4.69, 9.17) is 0 Å². The van der Waals surface area contributed by atoms with E-state index in [-0.39, 0.29) is 10.6 Å². The standard InChI is InChI=1S/C15H22N2O2/c1-10-4-5-13(8-11(10)2)16-15-7-6-14(17(18)19)9-12(15)3/h6-7,9-11,13,16H,4-5,8H2,1-3H3. The number of nitro groups is 1. The SMILES string of the molecule is Cc1cc([N+](=O)[O-])ccc1NC1CCC(C)C(C)C1. The Morgan fingerprint density at radius 2 is 2.00 bits per heavy atom. The fraction of sp³-hybridized carbons (Fsp3) is 0.600. The van der Waals surface area contributed by atoms with Gasteiger partial charge in [-0.05, 0) is 49.7 Å². The van der Waals surface area contributed by atoms with Crippen molar-refractivity contribution in [3.8, 4) is 0 Å². The molecule has 1 N–H and O–H groups in total. The number of hydrogen-bond donors (Lipinski definition) is 1. The van der Waals surface area contributed by atoms with E-state index in [1.165, 1.54) is 19.3 Å². The molecule has 0 bridgehead atoms. The molecule has 1 aromatic carbocycles. The number of anilines is 1. The maximum absolute atomic E-state index is 10.7. The molecule has 19 heavy (non-hydrogen) atoms. The summed E-state index contributed by atoms with van der Waals surface area (Å²) in [6.07, 6.45) is 3.62. The number of benzene rings is 1. The van der Waals surface area contributed by atoms with E-state index < -0.39 is 0 Å². The van der Waals surface area contributed by atoms with Gasteiger partial charge in [0.2, 0.25) is 0 Å². The summed E-state index contributed by atoms with van der Waals surface area (Å²) in [4.78, 5) is 10.4. The first-order valence-electron chi connectivity index (χ1n) is 6.99. The van der Waals surface area contributed by atoms with Gasteiger partial charge >= 0.3 is 0 Å². The Morgan fingerprint density at radius 3 is 2.58 bits per heavy atom. The summed E-state index contributed by atoms with van der Waals surface area (Å²) >= 11 is 0. The minimum atomic E-state index is -0.346. The molecule has 0 aliphatic heterocycles. The number of nitrogens with one attached hydrogen (secondary N) is 1. The number of non-ortho nitro benzene ring substituents is 1. The van der Waals surface area contributed by atoms with E-state index in [9.17, 15) is 10.1 Å². The van der Waals surface area contributed by atoms with Gasteiger partial charge in [0.15, 0.2) is 0 Å². The molecule has 3 atom stereocenters. The molecule has 0 aromatic heterocycles. The molecule has 0 radical (unpaired) electrons. The van der Waals surface area contributed by atoms with E-state index >= 15 is 0 Å². The number of nitrogens with zero attached hydrogens (tertiary/aromatic N) is 1. The molecule has 1 aliphatic rings. The molecule has 4 heteroatoms. The highest BCUT2D eigenvalue weighted by Gasteiger charge is 2.24. The van der Waals surface area contributed by atoms with Crippen molar-refractivity contribution in [2.75, 3.05) is 5.32 Å². The van der Waals surface area contributed by atoms with Crippen LogP contribution in [0.2, 0.25) is 0 Å². The normalized spacial score (nSPS) is 27.0. The second kappa shape index (κ2) is 5.59. The van der Waals surface area contributed by atoms with Gasteiger partial charge in [-0.2, -0.15) is 0 Å². The highest BCUT2D eigenvalue weighted by atomic mass is 16.6. The van der Waals surface area contributed by atoms with Crippen molar-refractivity contribution in [2.45, 2.75) is 46.1 Å². The summed E-state index contributed by atoms with van der Waals surface area (Å²) in [5.41, 5.74) is 2.13. The molecule has 4 nitrogen and oxygen atoms in total. The molecule has 0 amide bonds. The second-order valence-electron chi connectivity index (χ2n) is 5.87. The number of rotatable bonds is 3. The van der Waals surface area contributed by atoms with Crippen LogP contribution in [-0.4, -0.2) is 11.0 Å². The summed E-state index contributed by atoms with van der Waals surface area (Å²) in [6, 6.07) is 5.53. The first-order valence-corrected chi connectivity index (χ1v) is 6.99. The highest BCUT2D eigenvalue weighted by molar-refractivity contribution is 5.55. The van der Waals surface area contributed by atoms with Gasteiger partial charge in [-0.3, -0.25) is 10.1 Å². The Kier molecular flexibility index (Phi) is 4.08. The third kappa shape index (κ3) is 3.25. The van der Waals surface area contributed by atoms with E-state index in [0.717, 1.165) is 23.1 Å². The maximum atomic E-state index is 10.7. The second-order valence-corrected chi connectivity index (χ2v) is 5.87. The van der Waals surface area contributed by atoms with Gasteiger partial charge in [0, 0.05) is 23.9 Å². The highest BCUT2D eigenvalue weighted by Crippen LogP contribution is 2.32. The van der Waals surface area contributed by atoms with Crippen molar-refractivity contribution in [1.29, 1.82) is 0 Å².